The normalized spacial score (nSPS) is 8.40. The van der Waals surface area contributed by atoms with Crippen LogP contribution in [0.15, 0.2) is 36.5 Å². The number of nitrogens with two attached hydrogens (primary N) is 1. The topological polar surface area (TPSA) is 76.0 Å². The molecule has 0 saturated heterocycles. The zero-order chi connectivity index (χ0) is 16.6. The van der Waals surface area contributed by atoms with Crippen LogP contribution in [0.3, 0.4) is 0 Å². The minimum absolute atomic E-state index is 0.938. The molecule has 0 spiro atoms. The quantitative estimate of drug-likeness (QED) is 0.767. The molecule has 0 bridgehead atoms. The van der Waals surface area contributed by atoms with Gasteiger partial charge in [0.15, 0.2) is 0 Å². The first-order valence-corrected chi connectivity index (χ1v) is 8.92. The molecule has 2 rings (SSSR count). The molecule has 0 aliphatic carbocycles. The Bertz CT molecular complexity index is 467. The van der Waals surface area contributed by atoms with Gasteiger partial charge in [-0.1, -0.05) is 59.7 Å². The van der Waals surface area contributed by atoms with Gasteiger partial charge in [0.2, 0.25) is 10.0 Å². The summed E-state index contributed by atoms with van der Waals surface area (Å²) < 4.78 is 18.8. The number of fused-ring (bicyclic) bond motifs is 1. The summed E-state index contributed by atoms with van der Waals surface area (Å²) in [5.41, 5.74) is 1.21. The molecule has 4 nitrogen and oxygen atoms in total. The summed E-state index contributed by atoms with van der Waals surface area (Å²) in [6, 6.07) is 10.3. The summed E-state index contributed by atoms with van der Waals surface area (Å²) in [7, 11) is -3.17. The van der Waals surface area contributed by atoms with E-state index in [4.69, 9.17) is 0 Å². The Hall–Kier alpha value is -1.33. The molecule has 3 N–H and O–H groups in total. The van der Waals surface area contributed by atoms with Crippen LogP contribution in [0.5, 0.6) is 0 Å². The number of H-pyrrole nitrogens is 1. The lowest BCUT2D eigenvalue weighted by molar-refractivity contribution is 0.603. The van der Waals surface area contributed by atoms with E-state index in [0.717, 1.165) is 6.26 Å². The van der Waals surface area contributed by atoms with Crippen LogP contribution in [0, 0.1) is 0 Å². The fourth-order valence-corrected chi connectivity index (χ4v) is 0.995. The highest BCUT2D eigenvalue weighted by Gasteiger charge is 1.86. The van der Waals surface area contributed by atoms with Gasteiger partial charge in [0, 0.05) is 11.7 Å². The smallest absolute Gasteiger partial charge is 0.206 e. The van der Waals surface area contributed by atoms with Crippen LogP contribution in [-0.2, 0) is 10.0 Å². The Kier molecular flexibility index (Phi) is 18.7. The van der Waals surface area contributed by atoms with E-state index in [9.17, 15) is 8.42 Å². The second-order valence-electron chi connectivity index (χ2n) is 2.89. The average molecular weight is 302 g/mol. The predicted octanol–water partition coefficient (Wildman–Crippen LogP) is 4.15. The van der Waals surface area contributed by atoms with Crippen molar-refractivity contribution in [2.45, 2.75) is 41.5 Å². The number of sulfonamides is 1. The number of primary sulfonamides is 1. The molecule has 118 valence electrons. The van der Waals surface area contributed by atoms with E-state index in [2.05, 4.69) is 28.3 Å². The maximum atomic E-state index is 9.41. The monoisotopic (exact) mass is 302 g/mol. The first-order valence-electron chi connectivity index (χ1n) is 6.97. The lowest BCUT2D eigenvalue weighted by atomic mass is 10.3. The Morgan fingerprint density at radius 2 is 1.30 bits per heavy atom. The van der Waals surface area contributed by atoms with Crippen molar-refractivity contribution in [3.8, 4) is 0 Å². The summed E-state index contributed by atoms with van der Waals surface area (Å²) in [5, 5.41) is 5.60. The van der Waals surface area contributed by atoms with Gasteiger partial charge in [0.25, 0.3) is 0 Å². The lowest BCUT2D eigenvalue weighted by Gasteiger charge is -1.83. The number of hydrogen-bond acceptors (Lipinski definition) is 2. The SMILES string of the molecule is CC.CC.CC.CS(N)(=O)=O.c1ccc2[nH]ccc2c1. The molecule has 0 fully saturated rings. The maximum Gasteiger partial charge on any atom is 0.206 e. The van der Waals surface area contributed by atoms with Crippen molar-refractivity contribution in [3.63, 3.8) is 0 Å². The van der Waals surface area contributed by atoms with Crippen molar-refractivity contribution >= 4 is 20.9 Å². The fourth-order valence-electron chi connectivity index (χ4n) is 0.995. The van der Waals surface area contributed by atoms with Crippen LogP contribution in [0.25, 0.3) is 10.9 Å². The molecule has 20 heavy (non-hydrogen) atoms. The first kappa shape index (κ1) is 23.7. The maximum absolute atomic E-state index is 9.41. The number of para-hydroxylation sites is 1. The zero-order valence-electron chi connectivity index (χ0n) is 13.8. The van der Waals surface area contributed by atoms with E-state index in [0.29, 0.717) is 0 Å². The Morgan fingerprint density at radius 1 is 0.900 bits per heavy atom. The molecule has 0 amide bonds. The van der Waals surface area contributed by atoms with E-state index in [-0.39, 0.29) is 0 Å². The highest BCUT2D eigenvalue weighted by atomic mass is 32.2. The third-order valence-corrected chi connectivity index (χ3v) is 1.46. The Labute approximate surface area is 124 Å². The summed E-state index contributed by atoms with van der Waals surface area (Å²) in [5.74, 6) is 0. The number of hydrogen-bond donors (Lipinski definition) is 2. The van der Waals surface area contributed by atoms with Gasteiger partial charge in [-0.25, -0.2) is 13.6 Å². The van der Waals surface area contributed by atoms with Crippen LogP contribution in [-0.4, -0.2) is 19.7 Å². The molecule has 5 heteroatoms. The van der Waals surface area contributed by atoms with Crippen molar-refractivity contribution in [3.05, 3.63) is 36.5 Å². The van der Waals surface area contributed by atoms with Gasteiger partial charge in [-0.05, 0) is 17.5 Å². The molecule has 0 unspecified atom stereocenters. The predicted molar refractivity (Wildman–Crippen MR) is 91.4 cm³/mol. The van der Waals surface area contributed by atoms with E-state index < -0.39 is 10.0 Å². The molecule has 0 radical (unpaired) electrons. The van der Waals surface area contributed by atoms with Crippen LogP contribution in [0.4, 0.5) is 0 Å². The van der Waals surface area contributed by atoms with E-state index >= 15 is 0 Å². The van der Waals surface area contributed by atoms with Gasteiger partial charge in [-0.2, -0.15) is 0 Å². The first-order chi connectivity index (χ1) is 9.47. The minimum Gasteiger partial charge on any atom is -0.361 e. The largest absolute Gasteiger partial charge is 0.361 e. The number of aromatic amines is 1. The summed E-state index contributed by atoms with van der Waals surface area (Å²) in [6.45, 7) is 12.0. The van der Waals surface area contributed by atoms with Gasteiger partial charge in [0.05, 0.1) is 6.26 Å². The van der Waals surface area contributed by atoms with Crippen LogP contribution in [0.2, 0.25) is 0 Å². The van der Waals surface area contributed by atoms with Crippen LogP contribution in [0.1, 0.15) is 41.5 Å². The van der Waals surface area contributed by atoms with Gasteiger partial charge in [0.1, 0.15) is 0 Å². The molecule has 0 aliphatic heterocycles. The number of aromatic nitrogens is 1. The van der Waals surface area contributed by atoms with Crippen molar-refractivity contribution in [1.82, 2.24) is 4.98 Å². The molecule has 2 aromatic rings. The standard InChI is InChI=1S/C8H7N.3C2H6.CH5NO2S/c1-2-4-8-7(3-1)5-6-9-8;3*1-2;1-5(2,3)4/h1-6,9H;3*1-2H3;1H3,(H2,2,3,4). The van der Waals surface area contributed by atoms with Gasteiger partial charge >= 0.3 is 0 Å². The lowest BCUT2D eigenvalue weighted by Crippen LogP contribution is -2.07. The number of rotatable bonds is 0. The van der Waals surface area contributed by atoms with Gasteiger partial charge in [-0.15, -0.1) is 0 Å². The molecule has 1 aromatic carbocycles. The fraction of sp³-hybridized carbons (Fsp3) is 0.467. The summed E-state index contributed by atoms with van der Waals surface area (Å²) in [4.78, 5) is 3.12. The third-order valence-electron chi connectivity index (χ3n) is 1.46. The van der Waals surface area contributed by atoms with Crippen LogP contribution >= 0.6 is 0 Å². The molecule has 0 aliphatic rings. The van der Waals surface area contributed by atoms with Crippen molar-refractivity contribution in [2.75, 3.05) is 6.26 Å². The van der Waals surface area contributed by atoms with E-state index in [1.807, 2.05) is 59.9 Å². The summed E-state index contributed by atoms with van der Waals surface area (Å²) in [6.07, 6.45) is 2.89. The van der Waals surface area contributed by atoms with Crippen molar-refractivity contribution in [1.29, 1.82) is 0 Å². The van der Waals surface area contributed by atoms with E-state index in [1.54, 1.807) is 0 Å². The molecular weight excluding hydrogens is 272 g/mol. The van der Waals surface area contributed by atoms with Crippen LogP contribution < -0.4 is 5.14 Å². The van der Waals surface area contributed by atoms with E-state index in [1.165, 1.54) is 10.9 Å². The summed E-state index contributed by atoms with van der Waals surface area (Å²) >= 11 is 0. The van der Waals surface area contributed by atoms with Crippen molar-refractivity contribution in [2.24, 2.45) is 5.14 Å². The molecule has 1 heterocycles. The molecular formula is C15H30N2O2S. The third kappa shape index (κ3) is 16.7. The highest BCUT2D eigenvalue weighted by molar-refractivity contribution is 7.88. The van der Waals surface area contributed by atoms with Gasteiger partial charge in [-0.3, -0.25) is 0 Å². The zero-order valence-corrected chi connectivity index (χ0v) is 14.6. The van der Waals surface area contributed by atoms with Gasteiger partial charge < -0.3 is 4.98 Å². The number of nitrogens with one attached hydrogen (secondary N) is 1. The second kappa shape index (κ2) is 15.7. The Morgan fingerprint density at radius 3 is 1.70 bits per heavy atom. The molecule has 1 aromatic heterocycles. The van der Waals surface area contributed by atoms with Crippen molar-refractivity contribution < 1.29 is 8.42 Å². The number of benzene rings is 1. The molecule has 0 atom stereocenters. The minimum atomic E-state index is -3.17. The second-order valence-corrected chi connectivity index (χ2v) is 4.55. The highest BCUT2D eigenvalue weighted by Crippen LogP contribution is 2.09. The Balaban J connectivity index is -0.000000228. The molecule has 0 saturated carbocycles. The average Bonchev–Trinajstić information content (AvgIpc) is 2.92.